The highest BCUT2D eigenvalue weighted by Gasteiger charge is 2.71. The molecule has 2 saturated heterocycles. The minimum atomic E-state index is -1.38. The minimum absolute atomic E-state index is 0.105. The summed E-state index contributed by atoms with van der Waals surface area (Å²) in [6.45, 7) is 10.4. The number of aliphatic hydroxyl groups excluding tert-OH is 8. The third kappa shape index (κ3) is 6.73. The lowest BCUT2D eigenvalue weighted by molar-refractivity contribution is -0.300. The summed E-state index contributed by atoms with van der Waals surface area (Å²) in [5.74, 6) is -0.240. The standard InChI is InChI=1S/C37H64O13/c1-17(2)26(50-34-31(45)29(43)25(41)16-48-34)7-6-18(3)20-13-22(38)32-36(20,5)11-9-27-35(4)10-8-19(12-21(35)23(39)14-37(27,32)46)49-33-30(44)28(42)24(40)15-47-33/h17-34,38-46H,6-16H2,1-5H3/t18-,19+,20-,21-,22+,23-,24-,25-,26+,27-,28+,29+,30-,31-,32-,33+,34+,35+,36-,37+/m1/s1. The summed E-state index contributed by atoms with van der Waals surface area (Å²) in [6.07, 6.45) is -6.33. The first kappa shape index (κ1) is 39.2. The van der Waals surface area contributed by atoms with Crippen LogP contribution >= 0.6 is 0 Å². The summed E-state index contributed by atoms with van der Waals surface area (Å²) in [5, 5.41) is 97.1. The second-order valence-corrected chi connectivity index (χ2v) is 17.9. The molecule has 0 radical (unpaired) electrons. The van der Waals surface area contributed by atoms with E-state index < -0.39 is 78.3 Å². The van der Waals surface area contributed by atoms with Gasteiger partial charge >= 0.3 is 0 Å². The van der Waals surface area contributed by atoms with Gasteiger partial charge in [-0.1, -0.05) is 34.6 Å². The second-order valence-electron chi connectivity index (χ2n) is 17.9. The lowest BCUT2D eigenvalue weighted by Gasteiger charge is -2.66. The molecule has 9 N–H and O–H groups in total. The highest BCUT2D eigenvalue weighted by atomic mass is 16.7. The summed E-state index contributed by atoms with van der Waals surface area (Å²) in [7, 11) is 0. The molecule has 4 saturated carbocycles. The van der Waals surface area contributed by atoms with E-state index in [1.165, 1.54) is 0 Å². The Hall–Kier alpha value is -0.520. The van der Waals surface area contributed by atoms with Gasteiger partial charge in [-0.25, -0.2) is 0 Å². The smallest absolute Gasteiger partial charge is 0.186 e. The zero-order chi connectivity index (χ0) is 36.5. The van der Waals surface area contributed by atoms with Crippen molar-refractivity contribution in [3.8, 4) is 0 Å². The fourth-order valence-corrected chi connectivity index (χ4v) is 11.9. The van der Waals surface area contributed by atoms with Crippen molar-refractivity contribution in [2.24, 2.45) is 46.3 Å². The van der Waals surface area contributed by atoms with E-state index in [4.69, 9.17) is 18.9 Å². The first-order valence-electron chi connectivity index (χ1n) is 19.1. The first-order valence-corrected chi connectivity index (χ1v) is 19.1. The van der Waals surface area contributed by atoms with Crippen LogP contribution in [0.3, 0.4) is 0 Å². The van der Waals surface area contributed by atoms with Crippen LogP contribution in [0.4, 0.5) is 0 Å². The normalized spacial score (nSPS) is 53.7. The number of ether oxygens (including phenoxy) is 4. The molecule has 6 aliphatic rings. The summed E-state index contributed by atoms with van der Waals surface area (Å²) in [5.41, 5.74) is -1.98. The van der Waals surface area contributed by atoms with Gasteiger partial charge in [0.05, 0.1) is 43.2 Å². The quantitative estimate of drug-likeness (QED) is 0.148. The Balaban J connectivity index is 1.12. The van der Waals surface area contributed by atoms with Crippen molar-refractivity contribution in [3.63, 3.8) is 0 Å². The van der Waals surface area contributed by atoms with E-state index in [9.17, 15) is 46.0 Å². The minimum Gasteiger partial charge on any atom is -0.393 e. The van der Waals surface area contributed by atoms with Gasteiger partial charge in [0.25, 0.3) is 0 Å². The number of hydrogen-bond donors (Lipinski definition) is 9. The highest BCUT2D eigenvalue weighted by molar-refractivity contribution is 5.20. The fourth-order valence-electron chi connectivity index (χ4n) is 11.9. The van der Waals surface area contributed by atoms with Crippen molar-refractivity contribution >= 4 is 0 Å². The van der Waals surface area contributed by atoms with Gasteiger partial charge < -0.3 is 64.9 Å². The Morgan fingerprint density at radius 1 is 0.700 bits per heavy atom. The molecule has 0 aromatic carbocycles. The monoisotopic (exact) mass is 716 g/mol. The molecular formula is C37H64O13. The summed E-state index contributed by atoms with van der Waals surface area (Å²) >= 11 is 0. The molecule has 2 aliphatic heterocycles. The van der Waals surface area contributed by atoms with Crippen molar-refractivity contribution in [2.75, 3.05) is 13.2 Å². The lowest BCUT2D eigenvalue weighted by atomic mass is 9.42. The molecule has 0 spiro atoms. The predicted molar refractivity (Wildman–Crippen MR) is 178 cm³/mol. The van der Waals surface area contributed by atoms with Gasteiger partial charge in [-0.15, -0.1) is 0 Å². The van der Waals surface area contributed by atoms with Gasteiger partial charge in [0.15, 0.2) is 12.6 Å². The molecule has 0 aromatic rings. The molecule has 4 aliphatic carbocycles. The predicted octanol–water partition coefficient (Wildman–Crippen LogP) is 0.423. The number of fused-ring (bicyclic) bond motifs is 5. The molecule has 2 heterocycles. The molecule has 0 bridgehead atoms. The zero-order valence-electron chi connectivity index (χ0n) is 30.3. The molecule has 6 rings (SSSR count). The fraction of sp³-hybridized carbons (Fsp3) is 1.00. The van der Waals surface area contributed by atoms with Gasteiger partial charge in [-0.3, -0.25) is 0 Å². The molecule has 290 valence electrons. The Morgan fingerprint density at radius 3 is 1.94 bits per heavy atom. The molecule has 0 unspecified atom stereocenters. The average molecular weight is 717 g/mol. The highest BCUT2D eigenvalue weighted by Crippen LogP contribution is 2.70. The van der Waals surface area contributed by atoms with Crippen molar-refractivity contribution in [1.82, 2.24) is 0 Å². The molecule has 0 amide bonds. The van der Waals surface area contributed by atoms with Crippen LogP contribution in [0.5, 0.6) is 0 Å². The van der Waals surface area contributed by atoms with Crippen LogP contribution < -0.4 is 0 Å². The van der Waals surface area contributed by atoms with E-state index in [-0.39, 0.29) is 66.8 Å². The van der Waals surface area contributed by atoms with Crippen molar-refractivity contribution in [3.05, 3.63) is 0 Å². The van der Waals surface area contributed by atoms with Crippen molar-refractivity contribution in [2.45, 2.75) is 172 Å². The van der Waals surface area contributed by atoms with Crippen LogP contribution in [0, 0.1) is 46.3 Å². The van der Waals surface area contributed by atoms with Gasteiger partial charge in [0.1, 0.15) is 36.6 Å². The summed E-state index contributed by atoms with van der Waals surface area (Å²) in [6, 6.07) is 0. The van der Waals surface area contributed by atoms with Crippen molar-refractivity contribution < 1.29 is 64.9 Å². The Kier molecular flexibility index (Phi) is 11.5. The van der Waals surface area contributed by atoms with Gasteiger partial charge in [0.2, 0.25) is 0 Å². The topological polar surface area (TPSA) is 219 Å². The Bertz CT molecular complexity index is 1160. The maximum Gasteiger partial charge on any atom is 0.186 e. The first-order chi connectivity index (χ1) is 23.4. The largest absolute Gasteiger partial charge is 0.393 e. The molecule has 13 nitrogen and oxygen atoms in total. The van der Waals surface area contributed by atoms with E-state index in [2.05, 4.69) is 20.8 Å². The van der Waals surface area contributed by atoms with E-state index in [1.54, 1.807) is 0 Å². The van der Waals surface area contributed by atoms with Gasteiger partial charge in [-0.05, 0) is 91.8 Å². The molecular weight excluding hydrogens is 652 g/mol. The number of aliphatic hydroxyl groups is 9. The van der Waals surface area contributed by atoms with E-state index >= 15 is 0 Å². The van der Waals surface area contributed by atoms with Crippen LogP contribution in [0.1, 0.15) is 92.4 Å². The molecule has 20 atom stereocenters. The van der Waals surface area contributed by atoms with E-state index in [1.807, 2.05) is 13.8 Å². The maximum absolute atomic E-state index is 12.8. The summed E-state index contributed by atoms with van der Waals surface area (Å²) < 4.78 is 23.3. The van der Waals surface area contributed by atoms with Crippen LogP contribution in [-0.2, 0) is 18.9 Å². The van der Waals surface area contributed by atoms with E-state index in [0.29, 0.717) is 32.1 Å². The van der Waals surface area contributed by atoms with Gasteiger partial charge in [-0.2, -0.15) is 0 Å². The number of hydrogen-bond acceptors (Lipinski definition) is 13. The molecule has 6 fully saturated rings. The average Bonchev–Trinajstić information content (AvgIpc) is 3.34. The SMILES string of the molecule is CC(C)[C@H](CC[C@@H](C)[C@H]1C[C@H](O)[C@@H]2[C@]1(C)CC[C@@H]1[C@@]3(C)CC[C@H](O[C@@H]4OC[C@@H](O)[C@H](O)[C@H]4O)C[C@@H]3[C@H](O)C[C@]12O)O[C@@H]1OC[C@@H](O)[C@H](O)[C@H]1O. The van der Waals surface area contributed by atoms with Crippen LogP contribution in [0.2, 0.25) is 0 Å². The van der Waals surface area contributed by atoms with Gasteiger partial charge in [0, 0.05) is 12.3 Å². The van der Waals surface area contributed by atoms with Crippen LogP contribution in [0.25, 0.3) is 0 Å². The Labute approximate surface area is 295 Å². The third-order valence-electron chi connectivity index (χ3n) is 14.6. The Morgan fingerprint density at radius 2 is 1.30 bits per heavy atom. The molecule has 50 heavy (non-hydrogen) atoms. The van der Waals surface area contributed by atoms with E-state index in [0.717, 1.165) is 19.3 Å². The van der Waals surface area contributed by atoms with Crippen molar-refractivity contribution in [1.29, 1.82) is 0 Å². The zero-order valence-corrected chi connectivity index (χ0v) is 30.3. The lowest BCUT2D eigenvalue weighted by Crippen LogP contribution is -2.68. The molecule has 13 heteroatoms. The number of rotatable bonds is 9. The maximum atomic E-state index is 12.8. The summed E-state index contributed by atoms with van der Waals surface area (Å²) in [4.78, 5) is 0. The molecule has 0 aromatic heterocycles. The second kappa shape index (κ2) is 14.6. The van der Waals surface area contributed by atoms with Crippen LogP contribution in [0.15, 0.2) is 0 Å². The van der Waals surface area contributed by atoms with Crippen LogP contribution in [-0.4, -0.2) is 138 Å². The third-order valence-corrected chi connectivity index (χ3v) is 14.6.